The van der Waals surface area contributed by atoms with Gasteiger partial charge >= 0.3 is 0 Å². The third-order valence-electron chi connectivity index (χ3n) is 4.79. The fourth-order valence-corrected chi connectivity index (χ4v) is 3.49. The van der Waals surface area contributed by atoms with E-state index < -0.39 is 5.91 Å². The Balaban J connectivity index is 2.13. The first-order chi connectivity index (χ1) is 12.8. The lowest BCUT2D eigenvalue weighted by molar-refractivity contribution is 0.102. The van der Waals surface area contributed by atoms with Crippen LogP contribution in [0.3, 0.4) is 0 Å². The van der Waals surface area contributed by atoms with E-state index in [4.69, 9.17) is 11.6 Å². The Hall–Kier alpha value is -2.59. The molecule has 0 atom stereocenters. The Bertz CT molecular complexity index is 1080. The van der Waals surface area contributed by atoms with E-state index in [2.05, 4.69) is 19.2 Å². The summed E-state index contributed by atoms with van der Waals surface area (Å²) in [6.45, 7) is 8.71. The Morgan fingerprint density at radius 1 is 1.22 bits per heavy atom. The number of para-hydroxylation sites is 1. The molecule has 3 rings (SSSR count). The average molecular weight is 383 g/mol. The van der Waals surface area contributed by atoms with Crippen LogP contribution in [0, 0.1) is 6.92 Å². The number of aromatic nitrogens is 1. The number of hydrogen-bond acceptors (Lipinski definition) is 2. The molecule has 0 fully saturated rings. The molecule has 0 unspecified atom stereocenters. The monoisotopic (exact) mass is 382 g/mol. The fourth-order valence-electron chi connectivity index (χ4n) is 3.32. The molecule has 1 amide bonds. The molecule has 27 heavy (non-hydrogen) atoms. The number of carbonyl (C=O) groups excluding carboxylic acids is 1. The van der Waals surface area contributed by atoms with Gasteiger partial charge in [-0.2, -0.15) is 0 Å². The number of pyridine rings is 1. The maximum Gasteiger partial charge on any atom is 0.261 e. The van der Waals surface area contributed by atoms with Gasteiger partial charge in [-0.05, 0) is 49.1 Å². The third-order valence-corrected chi connectivity index (χ3v) is 5.03. The molecule has 4 nitrogen and oxygen atoms in total. The number of fused-ring (bicyclic) bond motifs is 1. The van der Waals surface area contributed by atoms with Crippen LogP contribution in [0.4, 0.5) is 5.69 Å². The van der Waals surface area contributed by atoms with Gasteiger partial charge in [0.25, 0.3) is 5.91 Å². The number of nitrogens with zero attached hydrogens (tertiary/aromatic N) is 1. The van der Waals surface area contributed by atoms with E-state index in [-0.39, 0.29) is 16.9 Å². The van der Waals surface area contributed by atoms with E-state index in [0.717, 1.165) is 22.3 Å². The Morgan fingerprint density at radius 3 is 2.63 bits per heavy atom. The Kier molecular flexibility index (Phi) is 5.38. The maximum absolute atomic E-state index is 13.0. The van der Waals surface area contributed by atoms with Crippen LogP contribution in [0.1, 0.15) is 48.2 Å². The molecule has 0 bridgehead atoms. The van der Waals surface area contributed by atoms with Crippen molar-refractivity contribution in [3.63, 3.8) is 0 Å². The number of hydrogen-bond donors (Lipinski definition) is 1. The summed E-state index contributed by atoms with van der Waals surface area (Å²) in [7, 11) is 0. The molecule has 0 radical (unpaired) electrons. The van der Waals surface area contributed by atoms with Gasteiger partial charge in [0, 0.05) is 28.8 Å². The highest BCUT2D eigenvalue weighted by Gasteiger charge is 2.18. The van der Waals surface area contributed by atoms with Crippen molar-refractivity contribution >= 4 is 34.1 Å². The van der Waals surface area contributed by atoms with Crippen LogP contribution in [-0.2, 0) is 6.54 Å². The zero-order chi connectivity index (χ0) is 19.7. The number of rotatable bonds is 4. The van der Waals surface area contributed by atoms with Gasteiger partial charge in [0.05, 0.1) is 5.52 Å². The quantitative estimate of drug-likeness (QED) is 0.660. The van der Waals surface area contributed by atoms with Crippen LogP contribution in [-0.4, -0.2) is 10.5 Å². The van der Waals surface area contributed by atoms with E-state index in [1.807, 2.05) is 42.7 Å². The summed E-state index contributed by atoms with van der Waals surface area (Å²) in [6.07, 6.45) is 1.63. The van der Waals surface area contributed by atoms with Crippen LogP contribution in [0.15, 0.2) is 47.4 Å². The van der Waals surface area contributed by atoms with Crippen LogP contribution < -0.4 is 10.7 Å². The van der Waals surface area contributed by atoms with Crippen molar-refractivity contribution in [2.75, 3.05) is 5.32 Å². The predicted molar refractivity (Wildman–Crippen MR) is 112 cm³/mol. The highest BCUT2D eigenvalue weighted by Crippen LogP contribution is 2.28. The lowest BCUT2D eigenvalue weighted by Crippen LogP contribution is -2.24. The van der Waals surface area contributed by atoms with Crippen LogP contribution >= 0.6 is 11.6 Å². The number of amides is 1. The maximum atomic E-state index is 13.0. The van der Waals surface area contributed by atoms with Gasteiger partial charge in [-0.15, -0.1) is 0 Å². The molecule has 2 aromatic carbocycles. The molecule has 0 aliphatic rings. The average Bonchev–Trinajstić information content (AvgIpc) is 2.63. The smallest absolute Gasteiger partial charge is 0.261 e. The summed E-state index contributed by atoms with van der Waals surface area (Å²) in [4.78, 5) is 26.0. The summed E-state index contributed by atoms with van der Waals surface area (Å²) in [5.74, 6) is -0.150. The van der Waals surface area contributed by atoms with E-state index in [1.54, 1.807) is 18.3 Å². The van der Waals surface area contributed by atoms with Gasteiger partial charge in [-0.1, -0.05) is 43.6 Å². The highest BCUT2D eigenvalue weighted by atomic mass is 35.5. The number of aryl methyl sites for hydroxylation is 2. The lowest BCUT2D eigenvalue weighted by Gasteiger charge is -2.17. The van der Waals surface area contributed by atoms with Crippen molar-refractivity contribution in [1.29, 1.82) is 0 Å². The molecule has 0 aliphatic carbocycles. The summed E-state index contributed by atoms with van der Waals surface area (Å²) in [5.41, 5.74) is 3.35. The first-order valence-corrected chi connectivity index (χ1v) is 9.44. The first-order valence-electron chi connectivity index (χ1n) is 9.07. The van der Waals surface area contributed by atoms with E-state index >= 15 is 0 Å². The number of carbonyl (C=O) groups is 1. The zero-order valence-corrected chi connectivity index (χ0v) is 16.7. The minimum Gasteiger partial charge on any atom is -0.347 e. The molecule has 1 N–H and O–H groups in total. The number of halogens is 1. The second kappa shape index (κ2) is 7.57. The summed E-state index contributed by atoms with van der Waals surface area (Å²) < 4.78 is 1.89. The van der Waals surface area contributed by atoms with Crippen molar-refractivity contribution in [1.82, 2.24) is 4.57 Å². The molecule has 1 heterocycles. The predicted octanol–water partition coefficient (Wildman–Crippen LogP) is 5.36. The van der Waals surface area contributed by atoms with Gasteiger partial charge in [0.15, 0.2) is 0 Å². The highest BCUT2D eigenvalue weighted by molar-refractivity contribution is 6.31. The molecule has 0 saturated carbocycles. The van der Waals surface area contributed by atoms with E-state index in [1.165, 1.54) is 0 Å². The number of benzene rings is 2. The fraction of sp³-hybridized carbons (Fsp3) is 0.273. The SMILES string of the molecule is CCn1cc(C(=O)Nc2c(C)cccc2C(C)C)c(=O)c2cc(Cl)ccc21. The van der Waals surface area contributed by atoms with Gasteiger partial charge in [-0.25, -0.2) is 0 Å². The molecular weight excluding hydrogens is 360 g/mol. The van der Waals surface area contributed by atoms with Crippen molar-refractivity contribution in [3.8, 4) is 0 Å². The van der Waals surface area contributed by atoms with Crippen LogP contribution in [0.2, 0.25) is 5.02 Å². The first kappa shape index (κ1) is 19.2. The second-order valence-electron chi connectivity index (χ2n) is 6.97. The van der Waals surface area contributed by atoms with Crippen molar-refractivity contribution < 1.29 is 4.79 Å². The Labute approximate surface area is 163 Å². The van der Waals surface area contributed by atoms with Crippen molar-refractivity contribution in [2.24, 2.45) is 0 Å². The zero-order valence-electron chi connectivity index (χ0n) is 16.0. The molecular formula is C22H23ClN2O2. The van der Waals surface area contributed by atoms with Crippen LogP contribution in [0.5, 0.6) is 0 Å². The molecule has 0 saturated heterocycles. The van der Waals surface area contributed by atoms with Gasteiger partial charge in [-0.3, -0.25) is 9.59 Å². The van der Waals surface area contributed by atoms with Crippen LogP contribution in [0.25, 0.3) is 10.9 Å². The molecule has 140 valence electrons. The van der Waals surface area contributed by atoms with E-state index in [9.17, 15) is 9.59 Å². The van der Waals surface area contributed by atoms with Gasteiger partial charge in [0.1, 0.15) is 5.56 Å². The molecule has 1 aromatic heterocycles. The minimum absolute atomic E-state index is 0.115. The lowest BCUT2D eigenvalue weighted by atomic mass is 9.98. The van der Waals surface area contributed by atoms with E-state index in [0.29, 0.717) is 17.0 Å². The summed E-state index contributed by atoms with van der Waals surface area (Å²) in [6, 6.07) is 11.1. The number of anilines is 1. The molecule has 0 aliphatic heterocycles. The third kappa shape index (κ3) is 3.62. The Morgan fingerprint density at radius 2 is 1.96 bits per heavy atom. The van der Waals surface area contributed by atoms with Crippen molar-refractivity contribution in [3.05, 3.63) is 74.5 Å². The minimum atomic E-state index is -0.403. The van der Waals surface area contributed by atoms with Gasteiger partial charge < -0.3 is 9.88 Å². The normalized spacial score (nSPS) is 11.2. The second-order valence-corrected chi connectivity index (χ2v) is 7.40. The standard InChI is InChI=1S/C22H23ClN2O2/c1-5-25-12-18(21(26)17-11-15(23)9-10-19(17)25)22(27)24-20-14(4)7-6-8-16(20)13(2)3/h6-13H,5H2,1-4H3,(H,24,27). The largest absolute Gasteiger partial charge is 0.347 e. The summed E-state index contributed by atoms with van der Waals surface area (Å²) in [5, 5.41) is 3.89. The number of nitrogens with one attached hydrogen (secondary N) is 1. The van der Waals surface area contributed by atoms with Gasteiger partial charge in [0.2, 0.25) is 5.43 Å². The molecule has 0 spiro atoms. The molecule has 3 aromatic rings. The summed E-state index contributed by atoms with van der Waals surface area (Å²) >= 11 is 6.08. The topological polar surface area (TPSA) is 51.1 Å². The van der Waals surface area contributed by atoms with Crippen molar-refractivity contribution in [2.45, 2.75) is 40.2 Å². The molecule has 5 heteroatoms.